The smallest absolute Gasteiger partial charge is 0.224 e. The fraction of sp³-hybridized carbons (Fsp3) is 0.0909. The van der Waals surface area contributed by atoms with Crippen molar-refractivity contribution in [2.45, 2.75) is 12.8 Å². The number of rotatable bonds is 2. The average Bonchev–Trinajstić information content (AvgIpc) is 2.86. The van der Waals surface area contributed by atoms with E-state index in [-0.39, 0.29) is 47.6 Å². The molecule has 1 aliphatic carbocycles. The van der Waals surface area contributed by atoms with E-state index in [0.29, 0.717) is 22.3 Å². The molecule has 0 atom stereocenters. The zero-order valence-electron chi connectivity index (χ0n) is 16.3. The molecule has 2 aromatic carbocycles. The first-order valence-corrected chi connectivity index (χ1v) is 9.58. The zero-order valence-corrected chi connectivity index (χ0v) is 16.3. The number of anilines is 3. The van der Waals surface area contributed by atoms with Gasteiger partial charge in [-0.25, -0.2) is 9.97 Å². The lowest BCUT2D eigenvalue weighted by molar-refractivity contribution is 0.0925. The summed E-state index contributed by atoms with van der Waals surface area (Å²) in [5, 5.41) is 0. The normalized spacial score (nSPS) is 13.4. The third-order valence-corrected chi connectivity index (χ3v) is 5.29. The predicted octanol–water partition coefficient (Wildman–Crippen LogP) is 2.66. The number of hydrogen-bond acceptors (Lipinski definition) is 9. The van der Waals surface area contributed by atoms with Gasteiger partial charge in [0.05, 0.1) is 0 Å². The highest BCUT2D eigenvalue weighted by Gasteiger charge is 2.21. The fourth-order valence-corrected chi connectivity index (χ4v) is 3.72. The zero-order chi connectivity index (χ0) is 21.7. The largest absolute Gasteiger partial charge is 0.382 e. The number of nitrogens with zero attached hydrogens (tertiary/aromatic N) is 4. The number of fused-ring (bicyclic) bond motifs is 3. The lowest BCUT2D eigenvalue weighted by Crippen LogP contribution is -2.06. The molecule has 152 valence electrons. The Labute approximate surface area is 176 Å². The summed E-state index contributed by atoms with van der Waals surface area (Å²) in [5.41, 5.74) is 22.1. The number of benzene rings is 2. The molecule has 4 aromatic rings. The summed E-state index contributed by atoms with van der Waals surface area (Å²) >= 11 is 0. The summed E-state index contributed by atoms with van der Waals surface area (Å²) in [6.45, 7) is 0. The van der Waals surface area contributed by atoms with Crippen LogP contribution in [0, 0.1) is 0 Å². The van der Waals surface area contributed by atoms with E-state index in [2.05, 4.69) is 19.9 Å². The molecule has 0 fully saturated rings. The lowest BCUT2D eigenvalue weighted by atomic mass is 9.94. The Morgan fingerprint density at radius 3 is 2.10 bits per heavy atom. The number of aromatic nitrogens is 4. The number of nitrogens with two attached hydrogens (primary N) is 3. The first-order valence-electron chi connectivity index (χ1n) is 9.58. The number of ketones is 2. The minimum Gasteiger partial charge on any atom is -0.382 e. The molecule has 6 N–H and O–H groups in total. The molecule has 0 amide bonds. The van der Waals surface area contributed by atoms with Crippen LogP contribution < -0.4 is 17.2 Å². The van der Waals surface area contributed by atoms with E-state index in [1.807, 2.05) is 30.3 Å². The van der Waals surface area contributed by atoms with Crippen molar-refractivity contribution in [3.05, 3.63) is 53.6 Å². The monoisotopic (exact) mass is 411 g/mol. The van der Waals surface area contributed by atoms with Gasteiger partial charge < -0.3 is 17.2 Å². The summed E-state index contributed by atoms with van der Waals surface area (Å²) in [7, 11) is 0. The van der Waals surface area contributed by atoms with Crippen molar-refractivity contribution in [3.63, 3.8) is 0 Å². The van der Waals surface area contributed by atoms with Crippen LogP contribution in [0.2, 0.25) is 0 Å². The standard InChI is InChI=1S/C22H17N7O2/c23-19-17(26-18-20(24)28-22(25)29-21(18)27-19)11-3-1-10(2-4-11)13-6-5-12-9-14(13)16(31)8-7-15(12)30/h1-6,9H,7-8H2,(H6,23,24,25,27,28,29). The number of carbonyl (C=O) groups excluding carboxylic acids is 2. The molecule has 0 radical (unpaired) electrons. The highest BCUT2D eigenvalue weighted by Crippen LogP contribution is 2.32. The Balaban J connectivity index is 1.57. The lowest BCUT2D eigenvalue weighted by Gasteiger charge is -2.10. The van der Waals surface area contributed by atoms with Crippen molar-refractivity contribution >= 4 is 40.3 Å². The third-order valence-electron chi connectivity index (χ3n) is 5.29. The van der Waals surface area contributed by atoms with Crippen LogP contribution in [0.3, 0.4) is 0 Å². The summed E-state index contributed by atoms with van der Waals surface area (Å²) in [6, 6.07) is 12.7. The molecule has 0 unspecified atom stereocenters. The van der Waals surface area contributed by atoms with E-state index < -0.39 is 0 Å². The van der Waals surface area contributed by atoms with Gasteiger partial charge in [0.15, 0.2) is 34.4 Å². The highest BCUT2D eigenvalue weighted by molar-refractivity contribution is 6.10. The van der Waals surface area contributed by atoms with E-state index in [4.69, 9.17) is 17.2 Å². The van der Waals surface area contributed by atoms with Crippen molar-refractivity contribution in [1.29, 1.82) is 0 Å². The SMILES string of the molecule is Nc1nc(N)c2nc(-c3ccc(-c4ccc5cc4C(=O)CCC5=O)cc3)c(N)nc2n1. The second kappa shape index (κ2) is 6.84. The molecule has 2 heterocycles. The van der Waals surface area contributed by atoms with Gasteiger partial charge in [0.2, 0.25) is 5.95 Å². The van der Waals surface area contributed by atoms with Crippen molar-refractivity contribution < 1.29 is 9.59 Å². The molecule has 31 heavy (non-hydrogen) atoms. The molecule has 9 heteroatoms. The number of Topliss-reactive ketones (excluding diaryl/α,β-unsaturated/α-hetero) is 2. The number of carbonyl (C=O) groups is 2. The second-order valence-corrected chi connectivity index (χ2v) is 7.28. The van der Waals surface area contributed by atoms with Crippen LogP contribution in [0.25, 0.3) is 33.5 Å². The Morgan fingerprint density at radius 1 is 0.645 bits per heavy atom. The minimum atomic E-state index is -0.0360. The van der Waals surface area contributed by atoms with Gasteiger partial charge in [-0.1, -0.05) is 36.4 Å². The van der Waals surface area contributed by atoms with Gasteiger partial charge in [0.1, 0.15) is 5.69 Å². The molecule has 1 aliphatic rings. The van der Waals surface area contributed by atoms with E-state index >= 15 is 0 Å². The average molecular weight is 411 g/mol. The molecular weight excluding hydrogens is 394 g/mol. The van der Waals surface area contributed by atoms with Crippen LogP contribution in [-0.2, 0) is 0 Å². The molecule has 2 bridgehead atoms. The maximum Gasteiger partial charge on any atom is 0.224 e. The molecule has 9 nitrogen and oxygen atoms in total. The van der Waals surface area contributed by atoms with Gasteiger partial charge in [0, 0.05) is 29.5 Å². The van der Waals surface area contributed by atoms with Crippen molar-refractivity contribution in [2.24, 2.45) is 0 Å². The van der Waals surface area contributed by atoms with E-state index in [1.54, 1.807) is 12.1 Å². The summed E-state index contributed by atoms with van der Waals surface area (Å²) in [4.78, 5) is 41.2. The van der Waals surface area contributed by atoms with Crippen molar-refractivity contribution in [2.75, 3.05) is 17.2 Å². The topological polar surface area (TPSA) is 164 Å². The second-order valence-electron chi connectivity index (χ2n) is 7.28. The summed E-state index contributed by atoms with van der Waals surface area (Å²) < 4.78 is 0. The predicted molar refractivity (Wildman–Crippen MR) is 117 cm³/mol. The fourth-order valence-electron chi connectivity index (χ4n) is 3.72. The van der Waals surface area contributed by atoms with Gasteiger partial charge in [0.25, 0.3) is 0 Å². The summed E-state index contributed by atoms with van der Waals surface area (Å²) in [6.07, 6.45) is 0.456. The molecule has 5 rings (SSSR count). The molecular formula is C22H17N7O2. The molecule has 2 aromatic heterocycles. The first-order chi connectivity index (χ1) is 14.9. The van der Waals surface area contributed by atoms with Gasteiger partial charge in [-0.05, 0) is 17.2 Å². The van der Waals surface area contributed by atoms with Crippen LogP contribution in [0.5, 0.6) is 0 Å². The Kier molecular flexibility index (Phi) is 4.11. The van der Waals surface area contributed by atoms with E-state index in [0.717, 1.165) is 16.7 Å². The maximum absolute atomic E-state index is 12.5. The van der Waals surface area contributed by atoms with Gasteiger partial charge in [-0.2, -0.15) is 9.97 Å². The summed E-state index contributed by atoms with van der Waals surface area (Å²) in [5.74, 6) is 0.256. The van der Waals surface area contributed by atoms with Gasteiger partial charge >= 0.3 is 0 Å². The van der Waals surface area contributed by atoms with E-state index in [9.17, 15) is 9.59 Å². The van der Waals surface area contributed by atoms with Gasteiger partial charge in [-0.15, -0.1) is 0 Å². The Morgan fingerprint density at radius 2 is 1.32 bits per heavy atom. The van der Waals surface area contributed by atoms with E-state index in [1.165, 1.54) is 0 Å². The Hall–Kier alpha value is -4.40. The highest BCUT2D eigenvalue weighted by atomic mass is 16.1. The molecule has 0 spiro atoms. The first kappa shape index (κ1) is 18.6. The number of nitrogen functional groups attached to an aromatic ring is 3. The molecule has 0 saturated heterocycles. The third kappa shape index (κ3) is 3.12. The molecule has 0 aliphatic heterocycles. The number of hydrogen-bond donors (Lipinski definition) is 3. The van der Waals surface area contributed by atoms with Gasteiger partial charge in [-0.3, -0.25) is 9.59 Å². The quantitative estimate of drug-likeness (QED) is 0.449. The van der Waals surface area contributed by atoms with Crippen LogP contribution in [-0.4, -0.2) is 31.5 Å². The van der Waals surface area contributed by atoms with Crippen LogP contribution in [0.15, 0.2) is 42.5 Å². The van der Waals surface area contributed by atoms with Crippen molar-refractivity contribution in [1.82, 2.24) is 19.9 Å². The minimum absolute atomic E-state index is 0.00201. The van der Waals surface area contributed by atoms with Crippen LogP contribution >= 0.6 is 0 Å². The Bertz CT molecular complexity index is 1400. The molecule has 0 saturated carbocycles. The van der Waals surface area contributed by atoms with Crippen molar-refractivity contribution in [3.8, 4) is 22.4 Å². The van der Waals surface area contributed by atoms with Crippen LogP contribution in [0.1, 0.15) is 33.6 Å². The maximum atomic E-state index is 12.5. The van der Waals surface area contributed by atoms with Crippen LogP contribution in [0.4, 0.5) is 17.6 Å².